The van der Waals surface area contributed by atoms with E-state index in [-0.39, 0.29) is 31.0 Å². The van der Waals surface area contributed by atoms with E-state index in [4.69, 9.17) is 4.74 Å². The van der Waals surface area contributed by atoms with E-state index in [2.05, 4.69) is 4.98 Å². The molecule has 90 valence electrons. The Morgan fingerprint density at radius 1 is 1.35 bits per heavy atom. The smallest absolute Gasteiger partial charge is 0.313 e. The van der Waals surface area contributed by atoms with Crippen LogP contribution in [0.4, 0.5) is 0 Å². The summed E-state index contributed by atoms with van der Waals surface area (Å²) >= 11 is 0. The van der Waals surface area contributed by atoms with Gasteiger partial charge in [0.2, 0.25) is 0 Å². The predicted molar refractivity (Wildman–Crippen MR) is 59.4 cm³/mol. The average molecular weight is 235 g/mol. The highest BCUT2D eigenvalue weighted by molar-refractivity contribution is 5.96. The fraction of sp³-hybridized carbons (Fsp3) is 0.333. The van der Waals surface area contributed by atoms with Crippen molar-refractivity contribution >= 4 is 17.5 Å². The zero-order valence-electron chi connectivity index (χ0n) is 9.51. The molecule has 0 spiro atoms. The number of carbonyl (C=O) groups is 3. The van der Waals surface area contributed by atoms with E-state index in [0.717, 1.165) is 0 Å². The first-order chi connectivity index (χ1) is 8.09. The van der Waals surface area contributed by atoms with Gasteiger partial charge in [-0.1, -0.05) is 0 Å². The maximum atomic E-state index is 11.6. The Balaban J connectivity index is 2.30. The van der Waals surface area contributed by atoms with Gasteiger partial charge in [0.1, 0.15) is 12.2 Å². The minimum atomic E-state index is -0.600. The highest BCUT2D eigenvalue weighted by Crippen LogP contribution is 2.01. The number of aromatic nitrogens is 1. The van der Waals surface area contributed by atoms with E-state index >= 15 is 0 Å². The lowest BCUT2D eigenvalue weighted by atomic mass is 10.1. The van der Waals surface area contributed by atoms with Crippen molar-refractivity contribution in [2.24, 2.45) is 0 Å². The number of ether oxygens (including phenoxy) is 1. The Labute approximate surface area is 98.8 Å². The minimum Gasteiger partial charge on any atom is -0.465 e. The molecule has 0 saturated carbocycles. The van der Waals surface area contributed by atoms with Crippen molar-refractivity contribution in [3.8, 4) is 0 Å². The average Bonchev–Trinajstić information content (AvgIpc) is 2.29. The SMILES string of the molecule is CC(=O)CC(=O)OCCC(=O)c1cccnc1. The second-order valence-electron chi connectivity index (χ2n) is 3.51. The van der Waals surface area contributed by atoms with Crippen molar-refractivity contribution in [3.63, 3.8) is 0 Å². The molecule has 5 heteroatoms. The van der Waals surface area contributed by atoms with Crippen molar-refractivity contribution < 1.29 is 19.1 Å². The number of carbonyl (C=O) groups excluding carboxylic acids is 3. The van der Waals surface area contributed by atoms with Gasteiger partial charge in [0.15, 0.2) is 5.78 Å². The van der Waals surface area contributed by atoms with E-state index in [1.165, 1.54) is 13.1 Å². The van der Waals surface area contributed by atoms with E-state index in [1.54, 1.807) is 18.3 Å². The van der Waals surface area contributed by atoms with Crippen LogP contribution in [0.1, 0.15) is 30.1 Å². The number of Topliss-reactive ketones (excluding diaryl/α,β-unsaturated/α-hetero) is 2. The summed E-state index contributed by atoms with van der Waals surface area (Å²) in [5.41, 5.74) is 0.482. The molecule has 0 radical (unpaired) electrons. The molecule has 0 fully saturated rings. The van der Waals surface area contributed by atoms with Gasteiger partial charge in [0, 0.05) is 24.4 Å². The lowest BCUT2D eigenvalue weighted by molar-refractivity contribution is -0.145. The summed E-state index contributed by atoms with van der Waals surface area (Å²) < 4.78 is 4.74. The van der Waals surface area contributed by atoms with Crippen LogP contribution in [0.15, 0.2) is 24.5 Å². The first kappa shape index (κ1) is 13.0. The second kappa shape index (κ2) is 6.52. The first-order valence-electron chi connectivity index (χ1n) is 5.18. The molecule has 0 bridgehead atoms. The molecular weight excluding hydrogens is 222 g/mol. The number of hydrogen-bond acceptors (Lipinski definition) is 5. The van der Waals surface area contributed by atoms with Crippen LogP contribution < -0.4 is 0 Å². The quantitative estimate of drug-likeness (QED) is 0.420. The first-order valence-corrected chi connectivity index (χ1v) is 5.18. The molecule has 0 unspecified atom stereocenters. The molecule has 1 heterocycles. The van der Waals surface area contributed by atoms with Gasteiger partial charge in [-0.3, -0.25) is 19.4 Å². The number of pyridine rings is 1. The van der Waals surface area contributed by atoms with Gasteiger partial charge in [-0.2, -0.15) is 0 Å². The highest BCUT2D eigenvalue weighted by Gasteiger charge is 2.09. The van der Waals surface area contributed by atoms with Crippen LogP contribution in [0.3, 0.4) is 0 Å². The maximum Gasteiger partial charge on any atom is 0.313 e. The molecule has 0 saturated heterocycles. The molecule has 0 atom stereocenters. The Kier molecular flexibility index (Phi) is 5.00. The molecule has 0 N–H and O–H groups in total. The summed E-state index contributed by atoms with van der Waals surface area (Å²) in [6.07, 6.45) is 2.87. The second-order valence-corrected chi connectivity index (χ2v) is 3.51. The minimum absolute atomic E-state index is 0.0140. The Morgan fingerprint density at radius 2 is 2.12 bits per heavy atom. The Hall–Kier alpha value is -2.04. The van der Waals surface area contributed by atoms with Gasteiger partial charge in [-0.25, -0.2) is 0 Å². The molecule has 1 rings (SSSR count). The lowest BCUT2D eigenvalue weighted by Crippen LogP contribution is -2.12. The third kappa shape index (κ3) is 5.01. The maximum absolute atomic E-state index is 11.6. The van der Waals surface area contributed by atoms with Crippen LogP contribution in [0.5, 0.6) is 0 Å². The van der Waals surface area contributed by atoms with E-state index < -0.39 is 5.97 Å². The van der Waals surface area contributed by atoms with E-state index in [9.17, 15) is 14.4 Å². The molecule has 1 aromatic heterocycles. The predicted octanol–water partition coefficient (Wildman–Crippen LogP) is 1.18. The summed E-state index contributed by atoms with van der Waals surface area (Å²) in [6.45, 7) is 1.29. The third-order valence-corrected chi connectivity index (χ3v) is 1.97. The van der Waals surface area contributed by atoms with E-state index in [1.807, 2.05) is 0 Å². The number of nitrogens with zero attached hydrogens (tertiary/aromatic N) is 1. The molecule has 0 aliphatic heterocycles. The summed E-state index contributed by atoms with van der Waals surface area (Å²) in [5.74, 6) is -1.00. The number of ketones is 2. The highest BCUT2D eigenvalue weighted by atomic mass is 16.5. The van der Waals surface area contributed by atoms with Gasteiger partial charge in [-0.15, -0.1) is 0 Å². The van der Waals surface area contributed by atoms with Crippen molar-refractivity contribution in [3.05, 3.63) is 30.1 Å². The summed E-state index contributed by atoms with van der Waals surface area (Å²) in [7, 11) is 0. The summed E-state index contributed by atoms with van der Waals surface area (Å²) in [6, 6.07) is 3.31. The number of esters is 1. The molecule has 5 nitrogen and oxygen atoms in total. The van der Waals surface area contributed by atoms with Crippen LogP contribution in [-0.4, -0.2) is 29.1 Å². The van der Waals surface area contributed by atoms with Crippen molar-refractivity contribution in [1.82, 2.24) is 4.98 Å². The summed E-state index contributed by atoms with van der Waals surface area (Å²) in [4.78, 5) is 37.0. The van der Waals surface area contributed by atoms with Crippen molar-refractivity contribution in [1.29, 1.82) is 0 Å². The van der Waals surface area contributed by atoms with Crippen LogP contribution in [-0.2, 0) is 14.3 Å². The van der Waals surface area contributed by atoms with Crippen LogP contribution in [0, 0.1) is 0 Å². The topological polar surface area (TPSA) is 73.3 Å². The molecule has 17 heavy (non-hydrogen) atoms. The van der Waals surface area contributed by atoms with Gasteiger partial charge in [-0.05, 0) is 19.1 Å². The van der Waals surface area contributed by atoms with Gasteiger partial charge in [0.25, 0.3) is 0 Å². The molecular formula is C12H13NO4. The molecule has 0 amide bonds. The monoisotopic (exact) mass is 235 g/mol. The molecule has 1 aromatic rings. The van der Waals surface area contributed by atoms with Gasteiger partial charge < -0.3 is 4.74 Å². The number of rotatable bonds is 6. The van der Waals surface area contributed by atoms with Gasteiger partial charge >= 0.3 is 5.97 Å². The molecule has 0 aliphatic rings. The van der Waals surface area contributed by atoms with Crippen LogP contribution in [0.2, 0.25) is 0 Å². The third-order valence-electron chi connectivity index (χ3n) is 1.97. The van der Waals surface area contributed by atoms with E-state index in [0.29, 0.717) is 5.56 Å². The summed E-state index contributed by atoms with van der Waals surface area (Å²) in [5, 5.41) is 0. The Bertz CT molecular complexity index is 414. The fourth-order valence-corrected chi connectivity index (χ4v) is 1.18. The number of hydrogen-bond donors (Lipinski definition) is 0. The molecule has 0 aliphatic carbocycles. The lowest BCUT2D eigenvalue weighted by Gasteiger charge is -2.02. The van der Waals surface area contributed by atoms with Crippen molar-refractivity contribution in [2.75, 3.05) is 6.61 Å². The van der Waals surface area contributed by atoms with Crippen LogP contribution in [0.25, 0.3) is 0 Å². The standard InChI is InChI=1S/C12H13NO4/c1-9(14)7-12(16)17-6-4-11(15)10-3-2-5-13-8-10/h2-3,5,8H,4,6-7H2,1H3. The molecule has 0 aromatic carbocycles. The largest absolute Gasteiger partial charge is 0.465 e. The van der Waals surface area contributed by atoms with Crippen molar-refractivity contribution in [2.45, 2.75) is 19.8 Å². The van der Waals surface area contributed by atoms with Gasteiger partial charge in [0.05, 0.1) is 6.61 Å². The Morgan fingerprint density at radius 3 is 2.71 bits per heavy atom. The van der Waals surface area contributed by atoms with Crippen LogP contribution >= 0.6 is 0 Å². The fourth-order valence-electron chi connectivity index (χ4n) is 1.18. The zero-order chi connectivity index (χ0) is 12.7. The normalized spacial score (nSPS) is 9.71. The zero-order valence-corrected chi connectivity index (χ0v) is 9.51.